The maximum Gasteiger partial charge on any atom is 0.263 e. The van der Waals surface area contributed by atoms with Gasteiger partial charge in [-0.2, -0.15) is 0 Å². The summed E-state index contributed by atoms with van der Waals surface area (Å²) in [5.41, 5.74) is 0.967. The van der Waals surface area contributed by atoms with E-state index in [0.29, 0.717) is 48.0 Å². The SMILES string of the molecule is CCCCNC(=O)CCCN1C(=O)c2cccnc2Oc2ccc(Cl)cc21. The Morgan fingerprint density at radius 3 is 2.96 bits per heavy atom. The minimum absolute atomic E-state index is 0.00430. The lowest BCUT2D eigenvalue weighted by Gasteiger charge is -2.22. The second kappa shape index (κ2) is 8.86. The number of anilines is 1. The average molecular weight is 388 g/mol. The number of amides is 2. The van der Waals surface area contributed by atoms with E-state index in [1.807, 2.05) is 0 Å². The lowest BCUT2D eigenvalue weighted by atomic mass is 10.2. The monoisotopic (exact) mass is 387 g/mol. The molecule has 0 saturated heterocycles. The van der Waals surface area contributed by atoms with Gasteiger partial charge in [-0.25, -0.2) is 4.98 Å². The van der Waals surface area contributed by atoms with Crippen LogP contribution in [0.1, 0.15) is 43.0 Å². The summed E-state index contributed by atoms with van der Waals surface area (Å²) in [6.07, 6.45) is 4.46. The average Bonchev–Trinajstić information content (AvgIpc) is 2.77. The molecule has 142 valence electrons. The number of rotatable bonds is 7. The number of aromatic nitrogens is 1. The van der Waals surface area contributed by atoms with Gasteiger partial charge in [-0.3, -0.25) is 9.59 Å². The number of carbonyl (C=O) groups excluding carboxylic acids is 2. The first-order valence-corrected chi connectivity index (χ1v) is 9.49. The second-order valence-electron chi connectivity index (χ2n) is 6.33. The molecule has 27 heavy (non-hydrogen) atoms. The van der Waals surface area contributed by atoms with Crippen molar-refractivity contribution in [2.75, 3.05) is 18.0 Å². The fourth-order valence-corrected chi connectivity index (χ4v) is 3.06. The van der Waals surface area contributed by atoms with Crippen molar-refractivity contribution in [2.45, 2.75) is 32.6 Å². The van der Waals surface area contributed by atoms with Crippen LogP contribution in [0.15, 0.2) is 36.5 Å². The molecule has 1 aliphatic heterocycles. The first-order chi connectivity index (χ1) is 13.1. The van der Waals surface area contributed by atoms with Crippen LogP contribution in [-0.2, 0) is 4.79 Å². The van der Waals surface area contributed by atoms with Crippen LogP contribution in [0, 0.1) is 0 Å². The van der Waals surface area contributed by atoms with Gasteiger partial charge in [0.05, 0.1) is 5.69 Å². The van der Waals surface area contributed by atoms with E-state index in [1.165, 1.54) is 0 Å². The predicted molar refractivity (Wildman–Crippen MR) is 105 cm³/mol. The molecule has 0 aliphatic carbocycles. The van der Waals surface area contributed by atoms with Crippen molar-refractivity contribution in [2.24, 2.45) is 0 Å². The summed E-state index contributed by atoms with van der Waals surface area (Å²) >= 11 is 6.14. The zero-order valence-corrected chi connectivity index (χ0v) is 16.0. The number of hydrogen-bond acceptors (Lipinski definition) is 4. The van der Waals surface area contributed by atoms with E-state index in [4.69, 9.17) is 16.3 Å². The summed E-state index contributed by atoms with van der Waals surface area (Å²) in [5.74, 6) is 0.560. The Labute approximate surface area is 163 Å². The van der Waals surface area contributed by atoms with Crippen molar-refractivity contribution in [1.82, 2.24) is 10.3 Å². The van der Waals surface area contributed by atoms with Crippen molar-refractivity contribution >= 4 is 29.1 Å². The molecular weight excluding hydrogens is 366 g/mol. The Bertz CT molecular complexity index is 841. The van der Waals surface area contributed by atoms with Gasteiger partial charge in [-0.15, -0.1) is 0 Å². The molecule has 3 rings (SSSR count). The summed E-state index contributed by atoms with van der Waals surface area (Å²) < 4.78 is 5.84. The van der Waals surface area contributed by atoms with E-state index in [0.717, 1.165) is 12.8 Å². The molecule has 1 aromatic heterocycles. The van der Waals surface area contributed by atoms with Gasteiger partial charge in [0.25, 0.3) is 5.91 Å². The smallest absolute Gasteiger partial charge is 0.263 e. The quantitative estimate of drug-likeness (QED) is 0.723. The van der Waals surface area contributed by atoms with Gasteiger partial charge < -0.3 is 15.0 Å². The van der Waals surface area contributed by atoms with Gasteiger partial charge in [0.1, 0.15) is 5.56 Å². The number of ether oxygens (including phenoxy) is 1. The van der Waals surface area contributed by atoms with E-state index in [1.54, 1.807) is 41.4 Å². The van der Waals surface area contributed by atoms with Gasteiger partial charge in [0.15, 0.2) is 5.75 Å². The van der Waals surface area contributed by atoms with E-state index >= 15 is 0 Å². The lowest BCUT2D eigenvalue weighted by molar-refractivity contribution is -0.121. The first-order valence-electron chi connectivity index (χ1n) is 9.11. The predicted octanol–water partition coefficient (Wildman–Crippen LogP) is 4.18. The highest BCUT2D eigenvalue weighted by Gasteiger charge is 2.28. The number of unbranched alkanes of at least 4 members (excludes halogenated alkanes) is 1. The Morgan fingerprint density at radius 2 is 2.15 bits per heavy atom. The molecule has 0 atom stereocenters. The summed E-state index contributed by atoms with van der Waals surface area (Å²) in [6, 6.07) is 8.50. The second-order valence-corrected chi connectivity index (χ2v) is 6.77. The summed E-state index contributed by atoms with van der Waals surface area (Å²) in [5, 5.41) is 3.40. The Balaban J connectivity index is 1.77. The van der Waals surface area contributed by atoms with Crippen LogP contribution in [0.3, 0.4) is 0 Å². The number of pyridine rings is 1. The summed E-state index contributed by atoms with van der Waals surface area (Å²) in [6.45, 7) is 3.14. The van der Waals surface area contributed by atoms with Gasteiger partial charge in [-0.05, 0) is 43.2 Å². The third kappa shape index (κ3) is 4.57. The molecule has 1 N–H and O–H groups in total. The lowest BCUT2D eigenvalue weighted by Crippen LogP contribution is -2.32. The van der Waals surface area contributed by atoms with E-state index in [2.05, 4.69) is 17.2 Å². The van der Waals surface area contributed by atoms with Crippen molar-refractivity contribution in [3.05, 3.63) is 47.1 Å². The van der Waals surface area contributed by atoms with Crippen LogP contribution >= 0.6 is 11.6 Å². The standard InChI is InChI=1S/C20H22ClN3O3/c1-2-3-10-22-18(25)7-5-12-24-16-13-14(21)8-9-17(16)27-19-15(20(24)26)6-4-11-23-19/h4,6,8-9,11,13H,2-3,5,7,10,12H2,1H3,(H,22,25). The van der Waals surface area contributed by atoms with Gasteiger partial charge in [0.2, 0.25) is 11.8 Å². The number of carbonyl (C=O) groups is 2. The fourth-order valence-electron chi connectivity index (χ4n) is 2.89. The maximum absolute atomic E-state index is 13.1. The first kappa shape index (κ1) is 19.2. The molecule has 1 aliphatic rings. The van der Waals surface area contributed by atoms with Crippen LogP contribution in [-0.4, -0.2) is 29.9 Å². The third-order valence-electron chi connectivity index (χ3n) is 4.30. The number of fused-ring (bicyclic) bond motifs is 2. The minimum atomic E-state index is -0.217. The largest absolute Gasteiger partial charge is 0.436 e. The molecule has 7 heteroatoms. The van der Waals surface area contributed by atoms with Crippen molar-refractivity contribution < 1.29 is 14.3 Å². The van der Waals surface area contributed by atoms with Crippen LogP contribution in [0.4, 0.5) is 5.69 Å². The fraction of sp³-hybridized carbons (Fsp3) is 0.350. The van der Waals surface area contributed by atoms with Crippen molar-refractivity contribution in [3.8, 4) is 11.6 Å². The highest BCUT2D eigenvalue weighted by Crippen LogP contribution is 2.39. The van der Waals surface area contributed by atoms with E-state index < -0.39 is 0 Å². The summed E-state index contributed by atoms with van der Waals surface area (Å²) in [4.78, 5) is 30.8. The number of halogens is 1. The van der Waals surface area contributed by atoms with Crippen LogP contribution < -0.4 is 15.0 Å². The van der Waals surface area contributed by atoms with Gasteiger partial charge in [-0.1, -0.05) is 24.9 Å². The number of hydrogen-bond donors (Lipinski definition) is 1. The topological polar surface area (TPSA) is 71.5 Å². The van der Waals surface area contributed by atoms with Crippen LogP contribution in [0.25, 0.3) is 0 Å². The highest BCUT2D eigenvalue weighted by atomic mass is 35.5. The molecule has 2 heterocycles. The molecule has 2 aromatic rings. The Kier molecular flexibility index (Phi) is 6.29. The molecule has 6 nitrogen and oxygen atoms in total. The molecule has 0 saturated carbocycles. The van der Waals surface area contributed by atoms with Gasteiger partial charge in [0, 0.05) is 30.7 Å². The normalized spacial score (nSPS) is 12.7. The highest BCUT2D eigenvalue weighted by molar-refractivity contribution is 6.31. The molecule has 0 spiro atoms. The van der Waals surface area contributed by atoms with Gasteiger partial charge >= 0.3 is 0 Å². The Hall–Kier alpha value is -2.60. The van der Waals surface area contributed by atoms with Crippen LogP contribution in [0.2, 0.25) is 5.02 Å². The molecular formula is C20H22ClN3O3. The third-order valence-corrected chi connectivity index (χ3v) is 4.54. The Morgan fingerprint density at radius 1 is 1.30 bits per heavy atom. The maximum atomic E-state index is 13.1. The van der Waals surface area contributed by atoms with Crippen molar-refractivity contribution in [1.29, 1.82) is 0 Å². The number of nitrogens with zero attached hydrogens (tertiary/aromatic N) is 2. The minimum Gasteiger partial charge on any atom is -0.436 e. The summed E-state index contributed by atoms with van der Waals surface area (Å²) in [7, 11) is 0. The zero-order valence-electron chi connectivity index (χ0n) is 15.2. The molecule has 1 aromatic carbocycles. The van der Waals surface area contributed by atoms with E-state index in [-0.39, 0.29) is 17.7 Å². The number of nitrogens with one attached hydrogen (secondary N) is 1. The molecule has 0 bridgehead atoms. The van der Waals surface area contributed by atoms with Crippen molar-refractivity contribution in [3.63, 3.8) is 0 Å². The molecule has 0 unspecified atom stereocenters. The molecule has 0 fully saturated rings. The molecule has 2 amide bonds. The molecule has 0 radical (unpaired) electrons. The zero-order chi connectivity index (χ0) is 19.2. The number of benzene rings is 1. The van der Waals surface area contributed by atoms with E-state index in [9.17, 15) is 9.59 Å². The van der Waals surface area contributed by atoms with Crippen LogP contribution in [0.5, 0.6) is 11.6 Å².